The van der Waals surface area contributed by atoms with Crippen molar-refractivity contribution in [1.82, 2.24) is 0 Å². The van der Waals surface area contributed by atoms with Gasteiger partial charge in [-0.2, -0.15) is 0 Å². The minimum Gasteiger partial charge on any atom is -0.460 e. The molecular weight excluding hydrogens is 595 g/mol. The molecule has 0 N–H and O–H groups in total. The van der Waals surface area contributed by atoms with E-state index in [2.05, 4.69) is 27.4 Å². The van der Waals surface area contributed by atoms with Crippen LogP contribution < -0.4 is 0 Å². The molecule has 0 saturated carbocycles. The summed E-state index contributed by atoms with van der Waals surface area (Å²) in [6, 6.07) is 2.53. The van der Waals surface area contributed by atoms with Crippen LogP contribution in [0.5, 0.6) is 0 Å². The summed E-state index contributed by atoms with van der Waals surface area (Å²) in [5.74, 6) is -2.41. The molecular formula is C29H51Cl3O7Si. The molecule has 0 bridgehead atoms. The monoisotopic (exact) mass is 644 g/mol. The Morgan fingerprint density at radius 2 is 1.40 bits per heavy atom. The Balaban J connectivity index is 6.48. The van der Waals surface area contributed by atoms with Gasteiger partial charge in [0.2, 0.25) is 3.79 Å². The number of alkyl halides is 3. The standard InChI is InChI=1S/C29H51Cl3O7Si/c1-13-17-19(5)22(37-26(35)36-18-29(30,31)32)20(6)23(33)28(11,12)24(39-40(14-2,15-3)16-4)21(7)25(34)38-27(8,9)10/h13,19-22,24H,1,14-18H2,2-12H3/t19-,20+,21-,22-,24-/m0/s1. The van der Waals surface area contributed by atoms with Crippen LogP contribution in [0.25, 0.3) is 0 Å². The first-order chi connectivity index (χ1) is 18.1. The third-order valence-electron chi connectivity index (χ3n) is 7.48. The van der Waals surface area contributed by atoms with Gasteiger partial charge in [-0.25, -0.2) is 4.79 Å². The number of allylic oxidation sites excluding steroid dienone is 1. The first kappa shape index (κ1) is 39.2. The predicted molar refractivity (Wildman–Crippen MR) is 166 cm³/mol. The Labute approximate surface area is 258 Å². The number of ether oxygens (including phenoxy) is 3. The second-order valence-corrected chi connectivity index (χ2v) is 19.5. The number of carbonyl (C=O) groups is 3. The largest absolute Gasteiger partial charge is 0.508 e. The minimum absolute atomic E-state index is 0.214. The van der Waals surface area contributed by atoms with Gasteiger partial charge in [-0.1, -0.05) is 89.3 Å². The van der Waals surface area contributed by atoms with Crippen molar-refractivity contribution in [2.75, 3.05) is 6.61 Å². The SMILES string of the molecule is C=CC[C@H](C)[C@H](OC(=O)OCC(Cl)(Cl)Cl)[C@@H](C)C(=O)C(C)(C)[C@@H](O[Si](CC)(CC)CC)[C@H](C)C(=O)OC(C)(C)C. The lowest BCUT2D eigenvalue weighted by Crippen LogP contribution is -2.55. The molecule has 0 spiro atoms. The highest BCUT2D eigenvalue weighted by molar-refractivity contribution is 6.73. The van der Waals surface area contributed by atoms with Crippen molar-refractivity contribution in [2.45, 2.75) is 122 Å². The maximum absolute atomic E-state index is 14.3. The van der Waals surface area contributed by atoms with E-state index in [0.29, 0.717) is 6.42 Å². The summed E-state index contributed by atoms with van der Waals surface area (Å²) in [6.45, 7) is 23.8. The van der Waals surface area contributed by atoms with E-state index in [9.17, 15) is 14.4 Å². The number of ketones is 1. The summed E-state index contributed by atoms with van der Waals surface area (Å²) < 4.78 is 21.4. The third-order valence-corrected chi connectivity index (χ3v) is 12.4. The van der Waals surface area contributed by atoms with E-state index in [0.717, 1.165) is 18.1 Å². The number of rotatable bonds is 16. The Bertz CT molecular complexity index is 839. The van der Waals surface area contributed by atoms with Crippen molar-refractivity contribution < 1.29 is 33.0 Å². The van der Waals surface area contributed by atoms with Gasteiger partial charge in [0, 0.05) is 5.41 Å². The summed E-state index contributed by atoms with van der Waals surface area (Å²) in [4.78, 5) is 40.1. The molecule has 0 heterocycles. The number of hydrogen-bond donors (Lipinski definition) is 0. The fraction of sp³-hybridized carbons (Fsp3) is 0.828. The van der Waals surface area contributed by atoms with Gasteiger partial charge >= 0.3 is 12.1 Å². The van der Waals surface area contributed by atoms with Gasteiger partial charge in [-0.15, -0.1) is 6.58 Å². The van der Waals surface area contributed by atoms with Gasteiger partial charge < -0.3 is 18.6 Å². The first-order valence-corrected chi connectivity index (χ1v) is 17.7. The fourth-order valence-corrected chi connectivity index (χ4v) is 8.13. The minimum atomic E-state index is -2.27. The van der Waals surface area contributed by atoms with Crippen LogP contribution >= 0.6 is 34.8 Å². The lowest BCUT2D eigenvalue weighted by molar-refractivity contribution is -0.167. The van der Waals surface area contributed by atoms with Crippen LogP contribution in [0.4, 0.5) is 4.79 Å². The molecule has 0 aliphatic heterocycles. The van der Waals surface area contributed by atoms with Crippen LogP contribution in [0.2, 0.25) is 18.1 Å². The molecule has 7 nitrogen and oxygen atoms in total. The number of carbonyl (C=O) groups excluding carboxylic acids is 3. The quantitative estimate of drug-likeness (QED) is 0.0718. The first-order valence-electron chi connectivity index (χ1n) is 14.1. The van der Waals surface area contributed by atoms with Crippen LogP contribution in [0.15, 0.2) is 12.7 Å². The van der Waals surface area contributed by atoms with E-state index in [-0.39, 0.29) is 11.7 Å². The molecule has 0 rings (SSSR count). The summed E-state index contributed by atoms with van der Waals surface area (Å²) in [7, 11) is -2.27. The molecule has 0 aromatic rings. The molecule has 0 aliphatic rings. The summed E-state index contributed by atoms with van der Waals surface area (Å²) in [6.07, 6.45) is -0.497. The van der Waals surface area contributed by atoms with Crippen LogP contribution in [0, 0.1) is 23.2 Å². The summed E-state index contributed by atoms with van der Waals surface area (Å²) in [5, 5.41) is 0. The Morgan fingerprint density at radius 3 is 1.80 bits per heavy atom. The van der Waals surface area contributed by atoms with Crippen molar-refractivity contribution >= 4 is 61.0 Å². The van der Waals surface area contributed by atoms with E-state index in [1.807, 2.05) is 6.92 Å². The number of hydrogen-bond acceptors (Lipinski definition) is 7. The van der Waals surface area contributed by atoms with Gasteiger partial charge in [-0.3, -0.25) is 9.59 Å². The van der Waals surface area contributed by atoms with Crippen molar-refractivity contribution in [3.8, 4) is 0 Å². The lowest BCUT2D eigenvalue weighted by atomic mass is 9.71. The average Bonchev–Trinajstić information content (AvgIpc) is 2.84. The molecule has 0 amide bonds. The maximum atomic E-state index is 14.3. The van der Waals surface area contributed by atoms with Crippen molar-refractivity contribution in [2.24, 2.45) is 23.2 Å². The normalized spacial score (nSPS) is 16.8. The van der Waals surface area contributed by atoms with E-state index in [1.165, 1.54) is 0 Å². The fourth-order valence-electron chi connectivity index (χ4n) is 4.93. The number of Topliss-reactive ketones (excluding diaryl/α,β-unsaturated/α-hetero) is 1. The third kappa shape index (κ3) is 12.2. The highest BCUT2D eigenvalue weighted by Crippen LogP contribution is 2.40. The van der Waals surface area contributed by atoms with Crippen molar-refractivity contribution in [3.05, 3.63) is 12.7 Å². The molecule has 0 unspecified atom stereocenters. The molecule has 0 aromatic heterocycles. The van der Waals surface area contributed by atoms with E-state index < -0.39 is 65.9 Å². The van der Waals surface area contributed by atoms with Gasteiger partial charge in [0.05, 0.1) is 17.9 Å². The van der Waals surface area contributed by atoms with Crippen LogP contribution in [-0.2, 0) is 28.2 Å². The average molecular weight is 646 g/mol. The van der Waals surface area contributed by atoms with Crippen LogP contribution in [0.3, 0.4) is 0 Å². The molecule has 11 heteroatoms. The number of esters is 1. The smallest absolute Gasteiger partial charge is 0.460 e. The highest BCUT2D eigenvalue weighted by atomic mass is 35.6. The second-order valence-electron chi connectivity index (χ2n) is 12.2. The van der Waals surface area contributed by atoms with E-state index in [1.54, 1.807) is 54.5 Å². The van der Waals surface area contributed by atoms with Crippen molar-refractivity contribution in [3.63, 3.8) is 0 Å². The predicted octanol–water partition coefficient (Wildman–Crippen LogP) is 8.69. The molecule has 234 valence electrons. The molecule has 0 saturated heterocycles. The number of halogens is 3. The molecule has 40 heavy (non-hydrogen) atoms. The Hall–Kier alpha value is -0.803. The molecule has 0 aliphatic carbocycles. The lowest BCUT2D eigenvalue weighted by Gasteiger charge is -2.44. The maximum Gasteiger partial charge on any atom is 0.508 e. The van der Waals surface area contributed by atoms with Crippen LogP contribution in [0.1, 0.15) is 82.6 Å². The van der Waals surface area contributed by atoms with Gasteiger partial charge in [0.25, 0.3) is 0 Å². The topological polar surface area (TPSA) is 88.1 Å². The van der Waals surface area contributed by atoms with E-state index in [4.69, 9.17) is 53.4 Å². The second kappa shape index (κ2) is 16.2. The summed E-state index contributed by atoms with van der Waals surface area (Å²) >= 11 is 17.1. The Kier molecular flexibility index (Phi) is 15.8. The zero-order chi connectivity index (χ0) is 31.7. The van der Waals surface area contributed by atoms with Crippen LogP contribution in [-0.4, -0.2) is 54.4 Å². The van der Waals surface area contributed by atoms with E-state index >= 15 is 0 Å². The zero-order valence-electron chi connectivity index (χ0n) is 26.2. The molecule has 0 radical (unpaired) electrons. The van der Waals surface area contributed by atoms with Crippen molar-refractivity contribution in [1.29, 1.82) is 0 Å². The molecule has 0 aromatic carbocycles. The highest BCUT2D eigenvalue weighted by Gasteiger charge is 2.50. The van der Waals surface area contributed by atoms with Gasteiger partial charge in [0.15, 0.2) is 8.32 Å². The molecule has 0 fully saturated rings. The van der Waals surface area contributed by atoms with Gasteiger partial charge in [0.1, 0.15) is 24.1 Å². The summed E-state index contributed by atoms with van der Waals surface area (Å²) in [5.41, 5.74) is -1.83. The Morgan fingerprint density at radius 1 is 0.900 bits per heavy atom. The zero-order valence-corrected chi connectivity index (χ0v) is 29.5. The molecule has 5 atom stereocenters. The van der Waals surface area contributed by atoms with Gasteiger partial charge in [-0.05, 0) is 58.2 Å².